The Morgan fingerprint density at radius 2 is 1.66 bits per heavy atom. The minimum absolute atomic E-state index is 0.00998. The minimum atomic E-state index is -5.29. The lowest BCUT2D eigenvalue weighted by atomic mass is 9.90. The van der Waals surface area contributed by atoms with Crippen LogP contribution in [0.5, 0.6) is 0 Å². The largest absolute Gasteiger partial charge is 0.615 e. The van der Waals surface area contributed by atoms with Crippen molar-refractivity contribution >= 4 is 50.9 Å². The number of alkyl halides is 7. The van der Waals surface area contributed by atoms with Gasteiger partial charge in [0.25, 0.3) is 12.3 Å². The molecule has 0 bridgehead atoms. The normalized spacial score (nSPS) is 18.0. The quantitative estimate of drug-likeness (QED) is 0.0380. The van der Waals surface area contributed by atoms with Gasteiger partial charge in [0.1, 0.15) is 45.9 Å². The van der Waals surface area contributed by atoms with Crippen molar-refractivity contribution in [3.63, 3.8) is 0 Å². The average molecular weight is 958 g/mol. The number of amides is 1. The van der Waals surface area contributed by atoms with Crippen molar-refractivity contribution < 1.29 is 57.8 Å². The van der Waals surface area contributed by atoms with Gasteiger partial charge in [-0.2, -0.15) is 26.7 Å². The number of nitrogens with one attached hydrogen (secondary N) is 4. The summed E-state index contributed by atoms with van der Waals surface area (Å²) in [5.41, 5.74) is -4.90. The molecular formula is C43H41F10N7O3S2. The smallest absolute Gasteiger partial charge is 0.433 e. The molecule has 348 valence electrons. The number of allylic oxidation sites excluding steroid dienone is 2. The molecule has 7 rings (SSSR count). The molecule has 2 heterocycles. The molecule has 0 saturated heterocycles. The summed E-state index contributed by atoms with van der Waals surface area (Å²) in [6.45, 7) is 1.14. The lowest BCUT2D eigenvalue weighted by Gasteiger charge is -2.30. The summed E-state index contributed by atoms with van der Waals surface area (Å²) < 4.78 is 173. The van der Waals surface area contributed by atoms with Crippen molar-refractivity contribution in [3.05, 3.63) is 88.1 Å². The van der Waals surface area contributed by atoms with Gasteiger partial charge >= 0.3 is 6.18 Å². The summed E-state index contributed by atoms with van der Waals surface area (Å²) in [7, 11) is 0. The zero-order chi connectivity index (χ0) is 47.2. The summed E-state index contributed by atoms with van der Waals surface area (Å²) in [6, 6.07) is 5.86. The zero-order valence-corrected chi connectivity index (χ0v) is 36.2. The summed E-state index contributed by atoms with van der Waals surface area (Å²) >= 11 is -3.15. The number of halogens is 10. The predicted molar refractivity (Wildman–Crippen MR) is 224 cm³/mol. The molecule has 10 nitrogen and oxygen atoms in total. The van der Waals surface area contributed by atoms with Crippen LogP contribution in [-0.4, -0.2) is 75.8 Å². The fourth-order valence-electron chi connectivity index (χ4n) is 7.50. The van der Waals surface area contributed by atoms with Gasteiger partial charge in [-0.1, -0.05) is 0 Å². The van der Waals surface area contributed by atoms with E-state index in [4.69, 9.17) is 10.4 Å². The van der Waals surface area contributed by atoms with Crippen molar-refractivity contribution in [2.24, 2.45) is 0 Å². The Hall–Kier alpha value is -4.98. The average Bonchev–Trinajstić information content (AvgIpc) is 4.16. The molecule has 0 radical (unpaired) electrons. The highest BCUT2D eigenvalue weighted by Gasteiger charge is 2.46. The van der Waals surface area contributed by atoms with Crippen molar-refractivity contribution in [1.29, 1.82) is 5.41 Å². The Morgan fingerprint density at radius 1 is 1.00 bits per heavy atom. The van der Waals surface area contributed by atoms with Crippen LogP contribution < -0.4 is 15.4 Å². The first-order valence-corrected chi connectivity index (χ1v) is 22.8. The number of pyridine rings is 1. The second-order valence-corrected chi connectivity index (χ2v) is 20.2. The Morgan fingerprint density at radius 3 is 2.29 bits per heavy atom. The maximum atomic E-state index is 15.9. The van der Waals surface area contributed by atoms with E-state index in [1.807, 2.05) is 0 Å². The molecule has 4 N–H and O–H groups in total. The van der Waals surface area contributed by atoms with Gasteiger partial charge in [0.2, 0.25) is 11.7 Å². The summed E-state index contributed by atoms with van der Waals surface area (Å²) in [5, 5.41) is 15.7. The van der Waals surface area contributed by atoms with Crippen LogP contribution in [0.1, 0.15) is 81.8 Å². The second-order valence-electron chi connectivity index (χ2n) is 16.5. The molecule has 22 heteroatoms. The highest BCUT2D eigenvalue weighted by Crippen LogP contribution is 2.42. The van der Waals surface area contributed by atoms with E-state index < -0.39 is 125 Å². The van der Waals surface area contributed by atoms with Gasteiger partial charge in [0, 0.05) is 42.0 Å². The lowest BCUT2D eigenvalue weighted by Crippen LogP contribution is -2.43. The molecule has 4 aromatic rings. The van der Waals surface area contributed by atoms with Crippen molar-refractivity contribution in [3.8, 4) is 23.0 Å². The Balaban J connectivity index is 1.38. The van der Waals surface area contributed by atoms with Crippen LogP contribution in [-0.2, 0) is 40.3 Å². The van der Waals surface area contributed by atoms with Crippen molar-refractivity contribution in [2.75, 3.05) is 11.3 Å². The number of aromatic nitrogens is 3. The van der Waals surface area contributed by atoms with Crippen molar-refractivity contribution in [1.82, 2.24) is 25.4 Å². The van der Waals surface area contributed by atoms with Crippen LogP contribution in [0.3, 0.4) is 0 Å². The summed E-state index contributed by atoms with van der Waals surface area (Å²) in [6.07, 6.45) is -7.96. The van der Waals surface area contributed by atoms with Crippen molar-refractivity contribution in [2.45, 2.75) is 112 Å². The highest BCUT2D eigenvalue weighted by molar-refractivity contribution is 7.94. The predicted octanol–water partition coefficient (Wildman–Crippen LogP) is 8.70. The molecule has 1 amide bonds. The zero-order valence-electron chi connectivity index (χ0n) is 34.6. The molecule has 2 saturated carbocycles. The van der Waals surface area contributed by atoms with Gasteiger partial charge < -0.3 is 19.7 Å². The number of fused-ring (bicyclic) bond motifs is 1. The first kappa shape index (κ1) is 48.0. The molecule has 3 unspecified atom stereocenters. The van der Waals surface area contributed by atoms with Gasteiger partial charge in [-0.15, -0.1) is 5.10 Å². The first-order valence-electron chi connectivity index (χ1n) is 20.4. The lowest BCUT2D eigenvalue weighted by molar-refractivity contribution is -0.121. The van der Waals surface area contributed by atoms with Gasteiger partial charge in [0.15, 0.2) is 4.75 Å². The number of carbonyl (C=O) groups excluding carboxylic acids is 1. The monoisotopic (exact) mass is 957 g/mol. The molecule has 3 aliphatic carbocycles. The topological polar surface area (TPSA) is 154 Å². The Labute approximate surface area is 372 Å². The van der Waals surface area contributed by atoms with E-state index in [9.17, 15) is 44.6 Å². The van der Waals surface area contributed by atoms with Gasteiger partial charge in [-0.3, -0.25) is 14.9 Å². The van der Waals surface area contributed by atoms with E-state index in [0.29, 0.717) is 18.9 Å². The van der Waals surface area contributed by atoms with Crippen LogP contribution >= 0.6 is 0 Å². The van der Waals surface area contributed by atoms with Gasteiger partial charge in [-0.05, 0) is 111 Å². The third-order valence-electron chi connectivity index (χ3n) is 10.8. The molecule has 2 aromatic heterocycles. The maximum Gasteiger partial charge on any atom is 0.433 e. The fraction of sp³-hybridized carbons (Fsp3) is 0.442. The van der Waals surface area contributed by atoms with E-state index in [-0.39, 0.29) is 61.7 Å². The number of hydrogen-bond acceptors (Lipinski definition) is 8. The Bertz CT molecular complexity index is 2570. The SMILES string of the molecule is CC(C)(C#Cc1ccc(-c2ccc(F)c3c(N[S+]([O-])C4CC4)nn(CC(F)F)c23)c(C(Cc2cc(F)cc(F)c2)NC(=O)CNC2=C(C(=N)C(F)(F)F)CCCC2(F)F)n1)[S+]([O-])C1CC1. The molecule has 3 atom stereocenters. The minimum Gasteiger partial charge on any atom is -0.615 e. The van der Waals surface area contributed by atoms with Gasteiger partial charge in [-0.25, -0.2) is 26.9 Å². The number of rotatable bonds is 16. The molecular weight excluding hydrogens is 917 g/mol. The molecule has 2 aromatic carbocycles. The van der Waals surface area contributed by atoms with E-state index in [2.05, 4.69) is 32.3 Å². The number of nitrogens with zero attached hydrogens (tertiary/aromatic N) is 3. The van der Waals surface area contributed by atoms with E-state index in [1.54, 1.807) is 13.8 Å². The summed E-state index contributed by atoms with van der Waals surface area (Å²) in [4.78, 5) is 18.6. The van der Waals surface area contributed by atoms with Crippen LogP contribution in [0.2, 0.25) is 0 Å². The van der Waals surface area contributed by atoms with Crippen LogP contribution in [0.25, 0.3) is 22.0 Å². The molecule has 3 aliphatic rings. The molecule has 65 heavy (non-hydrogen) atoms. The van der Waals surface area contributed by atoms with Crippen LogP contribution in [0, 0.1) is 34.7 Å². The molecule has 0 aliphatic heterocycles. The van der Waals surface area contributed by atoms with E-state index in [0.717, 1.165) is 35.7 Å². The number of anilines is 1. The third kappa shape index (κ3) is 11.2. The molecule has 2 fully saturated rings. The molecule has 0 spiro atoms. The standard InChI is InChI=1S/C43H41F10N7O3S2/c1-41(2,64(62)26-6-7-26)15-13-25-5-10-28(29-11-12-31(46)35-37(29)60(21-33(47)48)58-40(35)59-65(63)27-8-9-27)36(56-25)32(18-22-16-23(44)19-24(45)17-22)57-34(61)20-55-39-30(38(54)43(51,52)53)4-3-14-42(39,49)50/h5,10-12,16-17,19,26-27,32-33,54-55H,3-4,6-9,14,18,20-21H2,1-2H3,(H,57,61)(H,58,59). The Kier molecular flexibility index (Phi) is 13.8. The number of hydrogen-bond donors (Lipinski definition) is 4. The van der Waals surface area contributed by atoms with Crippen LogP contribution in [0.4, 0.5) is 49.7 Å². The third-order valence-corrected chi connectivity index (χ3v) is 14.5. The highest BCUT2D eigenvalue weighted by atomic mass is 32.2. The maximum absolute atomic E-state index is 15.9. The second kappa shape index (κ2) is 18.7. The van der Waals surface area contributed by atoms with E-state index in [1.165, 1.54) is 18.2 Å². The fourth-order valence-corrected chi connectivity index (χ4v) is 10.1. The van der Waals surface area contributed by atoms with Crippen LogP contribution in [0.15, 0.2) is 53.7 Å². The first-order chi connectivity index (χ1) is 30.5. The van der Waals surface area contributed by atoms with E-state index >= 15 is 13.2 Å². The summed E-state index contributed by atoms with van der Waals surface area (Å²) in [5.74, 6) is -2.54. The van der Waals surface area contributed by atoms with Gasteiger partial charge in [0.05, 0.1) is 46.2 Å². The number of carbonyl (C=O) groups is 1. The number of benzene rings is 2.